The Labute approximate surface area is 103 Å². The zero-order chi connectivity index (χ0) is 13.7. The van der Waals surface area contributed by atoms with Gasteiger partial charge < -0.3 is 21.8 Å². The first-order chi connectivity index (χ1) is 8.42. The van der Waals surface area contributed by atoms with Crippen LogP contribution in [0.25, 0.3) is 0 Å². The number of nitrogens with one attached hydrogen (secondary N) is 1. The number of nitrogen functional groups attached to an aromatic ring is 1. The summed E-state index contributed by atoms with van der Waals surface area (Å²) in [4.78, 5) is 31.3. The highest BCUT2D eigenvalue weighted by Crippen LogP contribution is 2.14. The van der Waals surface area contributed by atoms with Crippen molar-refractivity contribution in [1.82, 2.24) is 9.97 Å². The van der Waals surface area contributed by atoms with Crippen molar-refractivity contribution in [3.63, 3.8) is 0 Å². The van der Waals surface area contributed by atoms with Crippen LogP contribution in [0.15, 0.2) is 6.07 Å². The van der Waals surface area contributed by atoms with E-state index in [2.05, 4.69) is 15.4 Å². The molecule has 1 aromatic rings. The molecule has 9 nitrogen and oxygen atoms in total. The summed E-state index contributed by atoms with van der Waals surface area (Å²) in [7, 11) is 0. The van der Waals surface area contributed by atoms with Gasteiger partial charge >= 0.3 is 0 Å². The topological polar surface area (TPSA) is 153 Å². The first kappa shape index (κ1) is 13.6. The second kappa shape index (κ2) is 5.77. The lowest BCUT2D eigenvalue weighted by molar-refractivity contribution is -0.117. The quantitative estimate of drug-likeness (QED) is 0.333. The van der Waals surface area contributed by atoms with E-state index in [1.165, 1.54) is 11.0 Å². The Kier molecular flexibility index (Phi) is 4.38. The van der Waals surface area contributed by atoms with Crippen molar-refractivity contribution in [1.29, 1.82) is 0 Å². The third-order valence-electron chi connectivity index (χ3n) is 1.99. The lowest BCUT2D eigenvalue weighted by atomic mass is 10.4. The molecular formula is C9H15N7O2. The highest BCUT2D eigenvalue weighted by molar-refractivity contribution is 5.84. The predicted molar refractivity (Wildman–Crippen MR) is 65.2 cm³/mol. The number of rotatable bonds is 6. The lowest BCUT2D eigenvalue weighted by Gasteiger charge is -2.21. The predicted octanol–water partition coefficient (Wildman–Crippen LogP) is -2.15. The van der Waals surface area contributed by atoms with E-state index in [-0.39, 0.29) is 13.1 Å². The van der Waals surface area contributed by atoms with Crippen LogP contribution in [0.5, 0.6) is 0 Å². The van der Waals surface area contributed by atoms with Crippen molar-refractivity contribution < 1.29 is 9.59 Å². The van der Waals surface area contributed by atoms with Gasteiger partial charge in [0.1, 0.15) is 17.5 Å². The summed E-state index contributed by atoms with van der Waals surface area (Å²) < 4.78 is 0. The molecule has 0 unspecified atom stereocenters. The van der Waals surface area contributed by atoms with Gasteiger partial charge in [-0.25, -0.2) is 15.8 Å². The maximum atomic E-state index is 10.9. The molecule has 0 aliphatic heterocycles. The molecule has 18 heavy (non-hydrogen) atoms. The number of hydrazine groups is 1. The molecule has 1 heterocycles. The van der Waals surface area contributed by atoms with Crippen molar-refractivity contribution in [2.75, 3.05) is 23.4 Å². The van der Waals surface area contributed by atoms with Crippen LogP contribution in [-0.4, -0.2) is 34.9 Å². The summed E-state index contributed by atoms with van der Waals surface area (Å²) in [5.41, 5.74) is 12.6. The van der Waals surface area contributed by atoms with E-state index in [9.17, 15) is 9.59 Å². The molecule has 1 aromatic heterocycles. The first-order valence-corrected chi connectivity index (χ1v) is 5.06. The second-order valence-corrected chi connectivity index (χ2v) is 3.59. The highest BCUT2D eigenvalue weighted by atomic mass is 16.2. The van der Waals surface area contributed by atoms with Crippen molar-refractivity contribution >= 4 is 23.5 Å². The molecule has 0 saturated carbocycles. The van der Waals surface area contributed by atoms with E-state index in [4.69, 9.17) is 17.3 Å². The number of aromatic nitrogens is 2. The zero-order valence-electron chi connectivity index (χ0n) is 9.88. The molecule has 0 aliphatic carbocycles. The molecule has 0 radical (unpaired) electrons. The average Bonchev–Trinajstić information content (AvgIpc) is 2.26. The molecular weight excluding hydrogens is 238 g/mol. The number of hydrogen-bond acceptors (Lipinski definition) is 7. The van der Waals surface area contributed by atoms with Gasteiger partial charge in [-0.15, -0.1) is 0 Å². The lowest BCUT2D eigenvalue weighted by Crippen LogP contribution is -2.40. The van der Waals surface area contributed by atoms with E-state index in [1.54, 1.807) is 6.92 Å². The van der Waals surface area contributed by atoms with Crippen LogP contribution in [0.1, 0.15) is 5.82 Å². The monoisotopic (exact) mass is 253 g/mol. The summed E-state index contributed by atoms with van der Waals surface area (Å²) >= 11 is 0. The third-order valence-corrected chi connectivity index (χ3v) is 1.99. The molecule has 0 spiro atoms. The molecule has 7 N–H and O–H groups in total. The molecule has 0 fully saturated rings. The minimum Gasteiger partial charge on any atom is -0.368 e. The number of carbonyl (C=O) groups excluding carboxylic acids is 2. The number of nitrogens with zero attached hydrogens (tertiary/aromatic N) is 3. The number of aryl methyl sites for hydroxylation is 1. The SMILES string of the molecule is Cc1nc(NN)cc(N(CC(N)=O)CC(N)=O)n1. The number of anilines is 2. The Morgan fingerprint density at radius 2 is 1.83 bits per heavy atom. The Balaban J connectivity index is 3.06. The standard InChI is InChI=1S/C9H15N7O2/c1-5-13-8(15-12)2-9(14-5)16(3-6(10)17)4-7(11)18/h2H,3-4,12H2,1H3,(H2,10,17)(H2,11,18)(H,13,14,15). The maximum Gasteiger partial charge on any atom is 0.237 e. The van der Waals surface area contributed by atoms with E-state index in [0.717, 1.165) is 0 Å². The largest absolute Gasteiger partial charge is 0.368 e. The fraction of sp³-hybridized carbons (Fsp3) is 0.333. The number of hydrogen-bond donors (Lipinski definition) is 4. The normalized spacial score (nSPS) is 9.89. The molecule has 0 atom stereocenters. The fourth-order valence-electron chi connectivity index (χ4n) is 1.38. The minimum absolute atomic E-state index is 0.177. The van der Waals surface area contributed by atoms with Crippen LogP contribution in [0.2, 0.25) is 0 Å². The van der Waals surface area contributed by atoms with Crippen molar-refractivity contribution in [2.45, 2.75) is 6.92 Å². The van der Waals surface area contributed by atoms with E-state index >= 15 is 0 Å². The van der Waals surface area contributed by atoms with Gasteiger partial charge in [-0.1, -0.05) is 0 Å². The third kappa shape index (κ3) is 3.87. The summed E-state index contributed by atoms with van der Waals surface area (Å²) in [6.07, 6.45) is 0. The number of primary amides is 2. The maximum absolute atomic E-state index is 10.9. The fourth-order valence-corrected chi connectivity index (χ4v) is 1.38. The first-order valence-electron chi connectivity index (χ1n) is 5.06. The second-order valence-electron chi connectivity index (χ2n) is 3.59. The van der Waals surface area contributed by atoms with Crippen LogP contribution in [0.4, 0.5) is 11.6 Å². The molecule has 1 rings (SSSR count). The Bertz CT molecular complexity index is 446. The molecule has 9 heteroatoms. The van der Waals surface area contributed by atoms with Crippen molar-refractivity contribution in [3.05, 3.63) is 11.9 Å². The van der Waals surface area contributed by atoms with Gasteiger partial charge in [-0.2, -0.15) is 0 Å². The molecule has 0 aliphatic rings. The molecule has 98 valence electrons. The van der Waals surface area contributed by atoms with Gasteiger partial charge in [0.25, 0.3) is 0 Å². The number of nitrogens with two attached hydrogens (primary N) is 3. The Morgan fingerprint density at radius 1 is 1.28 bits per heavy atom. The van der Waals surface area contributed by atoms with Crippen LogP contribution < -0.4 is 27.6 Å². The van der Waals surface area contributed by atoms with E-state index in [0.29, 0.717) is 17.5 Å². The van der Waals surface area contributed by atoms with Crippen LogP contribution >= 0.6 is 0 Å². The van der Waals surface area contributed by atoms with Gasteiger partial charge in [0, 0.05) is 6.07 Å². The molecule has 0 saturated heterocycles. The van der Waals surface area contributed by atoms with E-state index in [1.807, 2.05) is 0 Å². The summed E-state index contributed by atoms with van der Waals surface area (Å²) in [6, 6.07) is 1.48. The Hall–Kier alpha value is -2.42. The van der Waals surface area contributed by atoms with Gasteiger partial charge in [0.2, 0.25) is 11.8 Å². The van der Waals surface area contributed by atoms with Crippen molar-refractivity contribution in [3.8, 4) is 0 Å². The summed E-state index contributed by atoms with van der Waals surface area (Å²) in [5.74, 6) is 5.17. The smallest absolute Gasteiger partial charge is 0.237 e. The average molecular weight is 253 g/mol. The zero-order valence-corrected chi connectivity index (χ0v) is 9.88. The van der Waals surface area contributed by atoms with Crippen LogP contribution in [-0.2, 0) is 9.59 Å². The van der Waals surface area contributed by atoms with Gasteiger partial charge in [0.05, 0.1) is 13.1 Å². The van der Waals surface area contributed by atoms with E-state index < -0.39 is 11.8 Å². The number of carbonyl (C=O) groups is 2. The molecule has 0 bridgehead atoms. The Morgan fingerprint density at radius 3 is 2.28 bits per heavy atom. The summed E-state index contributed by atoms with van der Waals surface area (Å²) in [5, 5.41) is 0. The molecule has 2 amide bonds. The van der Waals surface area contributed by atoms with Gasteiger partial charge in [0.15, 0.2) is 0 Å². The summed E-state index contributed by atoms with van der Waals surface area (Å²) in [6.45, 7) is 1.30. The van der Waals surface area contributed by atoms with Crippen molar-refractivity contribution in [2.24, 2.45) is 17.3 Å². The van der Waals surface area contributed by atoms with Crippen LogP contribution in [0, 0.1) is 6.92 Å². The van der Waals surface area contributed by atoms with Gasteiger partial charge in [-0.3, -0.25) is 9.59 Å². The van der Waals surface area contributed by atoms with Crippen LogP contribution in [0.3, 0.4) is 0 Å². The highest BCUT2D eigenvalue weighted by Gasteiger charge is 2.15. The number of amides is 2. The minimum atomic E-state index is -0.602. The van der Waals surface area contributed by atoms with Gasteiger partial charge in [-0.05, 0) is 6.92 Å². The molecule has 0 aromatic carbocycles.